The van der Waals surface area contributed by atoms with E-state index in [1.54, 1.807) is 43.0 Å². The normalized spacial score (nSPS) is 17.4. The summed E-state index contributed by atoms with van der Waals surface area (Å²) in [5, 5.41) is 17.5. The Kier molecular flexibility index (Phi) is 7.18. The summed E-state index contributed by atoms with van der Waals surface area (Å²) in [6, 6.07) is 5.01. The van der Waals surface area contributed by atoms with Crippen LogP contribution in [0, 0.1) is 12.8 Å². The van der Waals surface area contributed by atoms with Gasteiger partial charge in [-0.05, 0) is 31.4 Å². The third kappa shape index (κ3) is 5.60. The highest BCUT2D eigenvalue weighted by Crippen LogP contribution is 2.36. The van der Waals surface area contributed by atoms with Gasteiger partial charge in [-0.3, -0.25) is 9.59 Å². The molecule has 0 unspecified atom stereocenters. The lowest BCUT2D eigenvalue weighted by Crippen LogP contribution is -2.48. The molecule has 3 aromatic heterocycles. The Balaban J connectivity index is 1.61. The van der Waals surface area contributed by atoms with Crippen LogP contribution in [0.5, 0.6) is 0 Å². The zero-order valence-electron chi connectivity index (χ0n) is 20.6. The van der Waals surface area contributed by atoms with Gasteiger partial charge in [-0.2, -0.15) is 0 Å². The minimum Gasteiger partial charge on any atom is -0.481 e. The predicted molar refractivity (Wildman–Crippen MR) is 130 cm³/mol. The molecule has 0 aromatic carbocycles. The lowest BCUT2D eigenvalue weighted by molar-refractivity contribution is -0.139. The van der Waals surface area contributed by atoms with E-state index in [1.165, 1.54) is 4.90 Å². The Morgan fingerprint density at radius 2 is 2.06 bits per heavy atom. The molecule has 0 aliphatic carbocycles. The number of carboxylic acid groups (broad SMARTS) is 1. The van der Waals surface area contributed by atoms with Crippen molar-refractivity contribution in [1.29, 1.82) is 0 Å². The first-order valence-corrected chi connectivity index (χ1v) is 12.0. The van der Waals surface area contributed by atoms with Crippen LogP contribution in [-0.2, 0) is 24.8 Å². The summed E-state index contributed by atoms with van der Waals surface area (Å²) in [4.78, 5) is 29.4. The topological polar surface area (TPSA) is 106 Å². The molecule has 9 nitrogen and oxygen atoms in total. The maximum Gasteiger partial charge on any atom is 0.303 e. The summed E-state index contributed by atoms with van der Waals surface area (Å²) in [5.74, 6) is -4.70. The fraction of sp³-hybridized carbons (Fsp3) is 0.480. The molecule has 4 heterocycles. The minimum atomic E-state index is -2.98. The van der Waals surface area contributed by atoms with Crippen LogP contribution in [0.25, 0.3) is 11.4 Å². The maximum absolute atomic E-state index is 14.4. The highest BCUT2D eigenvalue weighted by atomic mass is 19.3. The van der Waals surface area contributed by atoms with E-state index in [4.69, 9.17) is 5.11 Å². The highest BCUT2D eigenvalue weighted by molar-refractivity contribution is 5.67. The van der Waals surface area contributed by atoms with Gasteiger partial charge in [-0.1, -0.05) is 18.6 Å². The monoisotopic (exact) mass is 500 g/mol. The first-order valence-electron chi connectivity index (χ1n) is 12.0. The molecular formula is C25H30F2N6O3. The van der Waals surface area contributed by atoms with Crippen molar-refractivity contribution in [2.24, 2.45) is 13.0 Å². The van der Waals surface area contributed by atoms with Crippen LogP contribution >= 0.6 is 0 Å². The number of halogens is 2. The quantitative estimate of drug-likeness (QED) is 0.506. The SMILES string of the molecule is CCCc1cn(Cc2c(-c3ccc(N4C[C@@H](CC(=O)O)CC(F)(F)C4)c(C)n3)nnn2C)ccc1=O. The molecule has 1 saturated heterocycles. The molecule has 4 rings (SSSR count). The molecule has 0 saturated carbocycles. The molecule has 1 aliphatic heterocycles. The molecule has 11 heteroatoms. The number of pyridine rings is 2. The number of rotatable bonds is 8. The molecule has 192 valence electrons. The lowest BCUT2D eigenvalue weighted by atomic mass is 9.92. The van der Waals surface area contributed by atoms with Crippen molar-refractivity contribution >= 4 is 11.7 Å². The van der Waals surface area contributed by atoms with Gasteiger partial charge < -0.3 is 14.6 Å². The number of carbonyl (C=O) groups is 1. The first-order chi connectivity index (χ1) is 17.1. The van der Waals surface area contributed by atoms with Gasteiger partial charge >= 0.3 is 5.97 Å². The summed E-state index contributed by atoms with van der Waals surface area (Å²) in [7, 11) is 1.78. The fourth-order valence-electron chi connectivity index (χ4n) is 4.85. The van der Waals surface area contributed by atoms with Gasteiger partial charge in [0.25, 0.3) is 5.92 Å². The Labute approximate surface area is 207 Å². The summed E-state index contributed by atoms with van der Waals surface area (Å²) >= 11 is 0. The van der Waals surface area contributed by atoms with Crippen molar-refractivity contribution in [3.8, 4) is 11.4 Å². The molecule has 0 radical (unpaired) electrons. The average Bonchev–Trinajstić information content (AvgIpc) is 3.14. The molecule has 0 amide bonds. The smallest absolute Gasteiger partial charge is 0.303 e. The molecule has 1 fully saturated rings. The average molecular weight is 501 g/mol. The summed E-state index contributed by atoms with van der Waals surface area (Å²) in [5.41, 5.74) is 3.75. The maximum atomic E-state index is 14.4. The van der Waals surface area contributed by atoms with E-state index in [9.17, 15) is 18.4 Å². The first kappa shape index (κ1) is 25.5. The molecule has 1 atom stereocenters. The second kappa shape index (κ2) is 10.2. The Hall–Kier alpha value is -3.63. The Morgan fingerprint density at radius 3 is 2.75 bits per heavy atom. The van der Waals surface area contributed by atoms with Crippen LogP contribution < -0.4 is 10.3 Å². The second-order valence-corrected chi connectivity index (χ2v) is 9.47. The van der Waals surface area contributed by atoms with Gasteiger partial charge in [0.05, 0.1) is 42.3 Å². The van der Waals surface area contributed by atoms with Crippen molar-refractivity contribution < 1.29 is 18.7 Å². The number of hydrogen-bond acceptors (Lipinski definition) is 6. The van der Waals surface area contributed by atoms with E-state index in [2.05, 4.69) is 15.3 Å². The van der Waals surface area contributed by atoms with E-state index in [0.717, 1.165) is 17.7 Å². The van der Waals surface area contributed by atoms with Crippen LogP contribution in [0.3, 0.4) is 0 Å². The zero-order valence-corrected chi connectivity index (χ0v) is 20.6. The van der Waals surface area contributed by atoms with Gasteiger partial charge in [0.2, 0.25) is 0 Å². The molecule has 1 N–H and O–H groups in total. The van der Waals surface area contributed by atoms with Crippen molar-refractivity contribution in [2.45, 2.75) is 52.0 Å². The standard InChI is InChI=1S/C25H30F2N6O3/c1-4-5-18-13-32(9-8-22(18)34)14-21-24(29-30-31(21)3)19-6-7-20(16(2)28-19)33-12-17(10-23(35)36)11-25(26,27)15-33/h6-9,13,17H,4-5,10-12,14-15H2,1-3H3,(H,35,36)/t17-/m0/s1. The predicted octanol–water partition coefficient (Wildman–Crippen LogP) is 3.28. The summed E-state index contributed by atoms with van der Waals surface area (Å²) in [6.07, 6.45) is 4.39. The number of piperidine rings is 1. The lowest BCUT2D eigenvalue weighted by Gasteiger charge is -2.39. The number of aryl methyl sites for hydroxylation is 3. The van der Waals surface area contributed by atoms with Crippen LogP contribution in [0.15, 0.2) is 35.4 Å². The second-order valence-electron chi connectivity index (χ2n) is 9.47. The number of hydrogen-bond donors (Lipinski definition) is 1. The van der Waals surface area contributed by atoms with E-state index < -0.39 is 30.8 Å². The van der Waals surface area contributed by atoms with E-state index in [0.29, 0.717) is 35.7 Å². The van der Waals surface area contributed by atoms with Gasteiger partial charge in [0.1, 0.15) is 5.69 Å². The van der Waals surface area contributed by atoms with Crippen molar-refractivity contribution in [1.82, 2.24) is 24.5 Å². The number of aliphatic carboxylic acids is 1. The van der Waals surface area contributed by atoms with Gasteiger partial charge in [0.15, 0.2) is 5.43 Å². The summed E-state index contributed by atoms with van der Waals surface area (Å²) < 4.78 is 32.3. The largest absolute Gasteiger partial charge is 0.481 e. The molecular weight excluding hydrogens is 470 g/mol. The number of carboxylic acids is 1. The van der Waals surface area contributed by atoms with Crippen molar-refractivity contribution in [2.75, 3.05) is 18.0 Å². The van der Waals surface area contributed by atoms with E-state index in [1.807, 2.05) is 17.7 Å². The van der Waals surface area contributed by atoms with Gasteiger partial charge in [-0.25, -0.2) is 18.4 Å². The number of alkyl halides is 2. The molecule has 3 aromatic rings. The molecule has 0 bridgehead atoms. The number of nitrogens with zero attached hydrogens (tertiary/aromatic N) is 6. The van der Waals surface area contributed by atoms with Gasteiger partial charge in [0, 0.05) is 44.0 Å². The third-order valence-electron chi connectivity index (χ3n) is 6.44. The van der Waals surface area contributed by atoms with Crippen molar-refractivity contribution in [3.05, 3.63) is 57.8 Å². The van der Waals surface area contributed by atoms with Gasteiger partial charge in [-0.15, -0.1) is 5.10 Å². The Morgan fingerprint density at radius 1 is 1.28 bits per heavy atom. The third-order valence-corrected chi connectivity index (χ3v) is 6.44. The Bertz CT molecular complexity index is 1320. The fourth-order valence-corrected chi connectivity index (χ4v) is 4.85. The van der Waals surface area contributed by atoms with Crippen LogP contribution in [0.2, 0.25) is 0 Å². The van der Waals surface area contributed by atoms with E-state index in [-0.39, 0.29) is 18.4 Å². The molecule has 1 aliphatic rings. The molecule has 0 spiro atoms. The van der Waals surface area contributed by atoms with E-state index >= 15 is 0 Å². The van der Waals surface area contributed by atoms with Crippen LogP contribution in [0.1, 0.15) is 43.1 Å². The van der Waals surface area contributed by atoms with Crippen LogP contribution in [-0.4, -0.2) is 54.6 Å². The summed E-state index contributed by atoms with van der Waals surface area (Å²) in [6.45, 7) is 3.94. The molecule has 36 heavy (non-hydrogen) atoms. The zero-order chi connectivity index (χ0) is 26.0. The van der Waals surface area contributed by atoms with Crippen molar-refractivity contribution in [3.63, 3.8) is 0 Å². The van der Waals surface area contributed by atoms with Crippen LogP contribution in [0.4, 0.5) is 14.5 Å². The minimum absolute atomic E-state index is 0.0122. The number of aromatic nitrogens is 5. The highest BCUT2D eigenvalue weighted by Gasteiger charge is 2.41. The number of anilines is 1.